The van der Waals surface area contributed by atoms with Gasteiger partial charge in [0.25, 0.3) is 5.56 Å². The molecule has 0 saturated carbocycles. The molecule has 5 aromatic rings. The van der Waals surface area contributed by atoms with Crippen LogP contribution in [0.4, 0.5) is 17.6 Å². The molecule has 0 radical (unpaired) electrons. The molecule has 0 spiro atoms. The summed E-state index contributed by atoms with van der Waals surface area (Å²) in [4.78, 5) is 21.3. The van der Waals surface area contributed by atoms with Gasteiger partial charge in [0.05, 0.1) is 22.3 Å². The Morgan fingerprint density at radius 3 is 2.38 bits per heavy atom. The first-order valence-electron chi connectivity index (χ1n) is 9.94. The molecule has 0 aliphatic heterocycles. The summed E-state index contributed by atoms with van der Waals surface area (Å²) >= 11 is 0. The van der Waals surface area contributed by atoms with Crippen molar-refractivity contribution in [3.8, 4) is 22.9 Å². The van der Waals surface area contributed by atoms with Gasteiger partial charge in [-0.25, -0.2) is 9.37 Å². The highest BCUT2D eigenvalue weighted by Gasteiger charge is 2.34. The molecule has 5 rings (SSSR count). The van der Waals surface area contributed by atoms with Crippen LogP contribution in [0.3, 0.4) is 0 Å². The van der Waals surface area contributed by atoms with E-state index in [1.54, 1.807) is 30.3 Å². The molecule has 3 aromatic heterocycles. The SMILES string of the molecule is N#Cc1ccc(-c2ccc3ncc4ccc(=O)n(-c5ccc(F)c(C(F)(F)F)c5)c4c3c2)cn1. The first kappa shape index (κ1) is 21.3. The first-order valence-corrected chi connectivity index (χ1v) is 9.94. The summed E-state index contributed by atoms with van der Waals surface area (Å²) in [7, 11) is 0. The van der Waals surface area contributed by atoms with Gasteiger partial charge in [-0.05, 0) is 54.1 Å². The van der Waals surface area contributed by atoms with Crippen molar-refractivity contribution in [2.45, 2.75) is 6.18 Å². The molecule has 0 atom stereocenters. The second-order valence-corrected chi connectivity index (χ2v) is 7.51. The van der Waals surface area contributed by atoms with Gasteiger partial charge < -0.3 is 0 Å². The van der Waals surface area contributed by atoms with Crippen LogP contribution in [0.1, 0.15) is 11.3 Å². The maximum Gasteiger partial charge on any atom is 0.419 e. The molecule has 2 aromatic carbocycles. The van der Waals surface area contributed by atoms with E-state index in [-0.39, 0.29) is 11.4 Å². The summed E-state index contributed by atoms with van der Waals surface area (Å²) in [5.41, 5.74) is 0.336. The number of pyridine rings is 3. The Hall–Kier alpha value is -4.58. The Kier molecular flexibility index (Phi) is 4.87. The summed E-state index contributed by atoms with van der Waals surface area (Å²) < 4.78 is 55.0. The van der Waals surface area contributed by atoms with Crippen molar-refractivity contribution in [1.29, 1.82) is 5.26 Å². The summed E-state index contributed by atoms with van der Waals surface area (Å²) in [5.74, 6) is -1.42. The highest BCUT2D eigenvalue weighted by atomic mass is 19.4. The van der Waals surface area contributed by atoms with Crippen LogP contribution in [0, 0.1) is 17.1 Å². The molecule has 0 bridgehead atoms. The number of fused-ring (bicyclic) bond motifs is 3. The maximum atomic E-state index is 13.9. The molecule has 0 unspecified atom stereocenters. The Morgan fingerprint density at radius 2 is 1.68 bits per heavy atom. The van der Waals surface area contributed by atoms with E-state index in [9.17, 15) is 22.4 Å². The number of alkyl halides is 3. The molecular formula is C25H12F4N4O. The molecule has 0 aliphatic rings. The summed E-state index contributed by atoms with van der Waals surface area (Å²) in [6.07, 6.45) is -1.88. The number of hydrogen-bond acceptors (Lipinski definition) is 4. The van der Waals surface area contributed by atoms with Crippen molar-refractivity contribution in [3.05, 3.63) is 100 Å². The zero-order chi connectivity index (χ0) is 24.0. The van der Waals surface area contributed by atoms with E-state index in [0.717, 1.165) is 10.6 Å². The van der Waals surface area contributed by atoms with Crippen molar-refractivity contribution < 1.29 is 17.6 Å². The molecule has 0 aliphatic carbocycles. The van der Waals surface area contributed by atoms with Gasteiger partial charge in [0.15, 0.2) is 0 Å². The Labute approximate surface area is 189 Å². The smallest absolute Gasteiger partial charge is 0.276 e. The topological polar surface area (TPSA) is 71.6 Å². The minimum absolute atomic E-state index is 0.123. The number of rotatable bonds is 2. The van der Waals surface area contributed by atoms with Gasteiger partial charge in [0, 0.05) is 34.8 Å². The van der Waals surface area contributed by atoms with Gasteiger partial charge in [-0.3, -0.25) is 14.3 Å². The van der Waals surface area contributed by atoms with Crippen molar-refractivity contribution in [3.63, 3.8) is 0 Å². The minimum atomic E-state index is -4.92. The fourth-order valence-electron chi connectivity index (χ4n) is 3.85. The van der Waals surface area contributed by atoms with E-state index < -0.39 is 23.1 Å². The quantitative estimate of drug-likeness (QED) is 0.253. The molecule has 9 heteroatoms. The molecule has 0 N–H and O–H groups in total. The zero-order valence-corrected chi connectivity index (χ0v) is 17.1. The van der Waals surface area contributed by atoms with Crippen LogP contribution in [0.2, 0.25) is 0 Å². The number of hydrogen-bond donors (Lipinski definition) is 0. The third-order valence-corrected chi connectivity index (χ3v) is 5.44. The van der Waals surface area contributed by atoms with Crippen LogP contribution in [0.25, 0.3) is 38.6 Å². The maximum absolute atomic E-state index is 13.9. The van der Waals surface area contributed by atoms with Crippen LogP contribution in [0.15, 0.2) is 77.9 Å². The number of aromatic nitrogens is 3. The first-order chi connectivity index (χ1) is 16.3. The van der Waals surface area contributed by atoms with E-state index in [2.05, 4.69) is 9.97 Å². The number of benzene rings is 2. The Balaban J connectivity index is 1.82. The summed E-state index contributed by atoms with van der Waals surface area (Å²) in [6, 6.07) is 15.7. The second-order valence-electron chi connectivity index (χ2n) is 7.51. The van der Waals surface area contributed by atoms with Crippen molar-refractivity contribution in [1.82, 2.24) is 14.5 Å². The average molecular weight is 460 g/mol. The van der Waals surface area contributed by atoms with Crippen molar-refractivity contribution >= 4 is 21.8 Å². The van der Waals surface area contributed by atoms with Crippen LogP contribution in [-0.4, -0.2) is 14.5 Å². The van der Waals surface area contributed by atoms with E-state index in [0.29, 0.717) is 45.1 Å². The molecule has 3 heterocycles. The van der Waals surface area contributed by atoms with E-state index in [1.165, 1.54) is 24.5 Å². The zero-order valence-electron chi connectivity index (χ0n) is 17.1. The Bertz CT molecular complexity index is 1680. The van der Waals surface area contributed by atoms with Gasteiger partial charge >= 0.3 is 6.18 Å². The van der Waals surface area contributed by atoms with Gasteiger partial charge in [0.2, 0.25) is 0 Å². The van der Waals surface area contributed by atoms with Gasteiger partial charge in [0.1, 0.15) is 17.6 Å². The predicted molar refractivity (Wildman–Crippen MR) is 118 cm³/mol. The number of nitriles is 1. The van der Waals surface area contributed by atoms with Crippen LogP contribution in [-0.2, 0) is 6.18 Å². The third-order valence-electron chi connectivity index (χ3n) is 5.44. The summed E-state index contributed by atoms with van der Waals surface area (Å²) in [6.45, 7) is 0. The molecule has 34 heavy (non-hydrogen) atoms. The number of halogens is 4. The lowest BCUT2D eigenvalue weighted by atomic mass is 10.0. The standard InChI is InChI=1S/C25H12F4N4O/c26-21-6-5-18(10-20(21)25(27,28)29)33-23(34)8-3-16-13-32-22-7-2-14(9-19(22)24(16)33)15-1-4-17(11-30)31-12-15/h1-10,12-13H. The predicted octanol–water partition coefficient (Wildman–Crippen LogP) is 5.63. The van der Waals surface area contributed by atoms with Gasteiger partial charge in [-0.1, -0.05) is 6.07 Å². The van der Waals surface area contributed by atoms with Crippen molar-refractivity contribution in [2.75, 3.05) is 0 Å². The van der Waals surface area contributed by atoms with E-state index in [1.807, 2.05) is 6.07 Å². The Morgan fingerprint density at radius 1 is 0.882 bits per heavy atom. The lowest BCUT2D eigenvalue weighted by Gasteiger charge is -2.15. The molecule has 0 saturated heterocycles. The van der Waals surface area contributed by atoms with E-state index >= 15 is 0 Å². The third kappa shape index (κ3) is 3.55. The normalized spacial score (nSPS) is 11.6. The molecule has 166 valence electrons. The average Bonchev–Trinajstić information content (AvgIpc) is 2.83. The van der Waals surface area contributed by atoms with Gasteiger partial charge in [-0.2, -0.15) is 18.4 Å². The molecule has 5 nitrogen and oxygen atoms in total. The fraction of sp³-hybridized carbons (Fsp3) is 0.0400. The highest BCUT2D eigenvalue weighted by molar-refractivity contribution is 6.05. The molecule has 0 fully saturated rings. The highest BCUT2D eigenvalue weighted by Crippen LogP contribution is 2.34. The van der Waals surface area contributed by atoms with E-state index in [4.69, 9.17) is 5.26 Å². The van der Waals surface area contributed by atoms with Crippen molar-refractivity contribution in [2.24, 2.45) is 0 Å². The number of nitrogens with zero attached hydrogens (tertiary/aromatic N) is 4. The lowest BCUT2D eigenvalue weighted by molar-refractivity contribution is -0.140. The summed E-state index contributed by atoms with van der Waals surface area (Å²) in [5, 5.41) is 9.99. The van der Waals surface area contributed by atoms with Crippen LogP contribution in [0.5, 0.6) is 0 Å². The van der Waals surface area contributed by atoms with Gasteiger partial charge in [-0.15, -0.1) is 0 Å². The minimum Gasteiger partial charge on any atom is -0.276 e. The fourth-order valence-corrected chi connectivity index (χ4v) is 3.85. The molecular weight excluding hydrogens is 448 g/mol. The van der Waals surface area contributed by atoms with Crippen LogP contribution < -0.4 is 5.56 Å². The largest absolute Gasteiger partial charge is 0.419 e. The second kappa shape index (κ2) is 7.78. The molecule has 0 amide bonds. The van der Waals surface area contributed by atoms with Crippen LogP contribution >= 0.6 is 0 Å². The monoisotopic (exact) mass is 460 g/mol. The lowest BCUT2D eigenvalue weighted by Crippen LogP contribution is -2.19.